The summed E-state index contributed by atoms with van der Waals surface area (Å²) in [5.41, 5.74) is 0. The van der Waals surface area contributed by atoms with Crippen molar-refractivity contribution in [1.29, 1.82) is 0 Å². The molecule has 0 fully saturated rings. The van der Waals surface area contributed by atoms with E-state index in [1.165, 1.54) is 57.8 Å². The van der Waals surface area contributed by atoms with Crippen LogP contribution in [-0.4, -0.2) is 43.6 Å². The monoisotopic (exact) mass is 460 g/mol. The molecule has 0 radical (unpaired) electrons. The molecule has 158 valence electrons. The molecule has 11 heteroatoms. The molecule has 0 saturated carbocycles. The van der Waals surface area contributed by atoms with Gasteiger partial charge < -0.3 is 16.2 Å². The Hall–Kier alpha value is 1.49. The Morgan fingerprint density at radius 2 is 1.25 bits per heavy atom. The van der Waals surface area contributed by atoms with Crippen molar-refractivity contribution in [1.82, 2.24) is 0 Å². The van der Waals surface area contributed by atoms with Crippen LogP contribution in [0.3, 0.4) is 0 Å². The maximum absolute atomic E-state index is 10.6. The molecule has 2 atom stereocenters. The molecule has 7 nitrogen and oxygen atoms in total. The van der Waals surface area contributed by atoms with Gasteiger partial charge in [0.15, 0.2) is 0 Å². The summed E-state index contributed by atoms with van der Waals surface area (Å²) in [4.78, 5) is 0. The van der Waals surface area contributed by atoms with Crippen LogP contribution < -0.4 is 59.1 Å². The van der Waals surface area contributed by atoms with E-state index < -0.39 is 32.6 Å². The molecule has 0 aromatic carbocycles. The fraction of sp³-hybridized carbons (Fsp3) is 0.941. The first kappa shape index (κ1) is 36.8. The topological polar surface area (TPSA) is 118 Å². The third kappa shape index (κ3) is 38.1. The molecular formula is C17H34Na2O7S2. The van der Waals surface area contributed by atoms with Crippen LogP contribution in [0.1, 0.15) is 84.5 Å². The molecule has 0 aromatic rings. The standard InChI is InChI=1S/C17H35O4S.2Na.O3S/c1-4-5-6-7-8-9-10-11-12-13-14-16(2)21-17(3)15-22(18,19)20;;;1-4(2)3/h16-17H,3-15H2,1-2H3,(H,18,19,20);;;/q-1;2*+1;/p-1. The Labute approximate surface area is 217 Å². The molecular weight excluding hydrogens is 426 g/mol. The summed E-state index contributed by atoms with van der Waals surface area (Å²) in [6.45, 7) is 7.70. The zero-order valence-corrected chi connectivity index (χ0v) is 23.7. The van der Waals surface area contributed by atoms with Crippen molar-refractivity contribution in [2.45, 2.75) is 96.7 Å². The summed E-state index contributed by atoms with van der Waals surface area (Å²) in [7, 11) is -7.36. The van der Waals surface area contributed by atoms with Crippen molar-refractivity contribution in [2.24, 2.45) is 0 Å². The minimum Gasteiger partial charge on any atom is -0.748 e. The van der Waals surface area contributed by atoms with Gasteiger partial charge in [0.25, 0.3) is 0 Å². The van der Waals surface area contributed by atoms with Gasteiger partial charge in [0.2, 0.25) is 0 Å². The summed E-state index contributed by atoms with van der Waals surface area (Å²) in [5, 5.41) is 0. The van der Waals surface area contributed by atoms with Gasteiger partial charge in [0.1, 0.15) is 0 Å². The molecule has 2 unspecified atom stereocenters. The third-order valence-electron chi connectivity index (χ3n) is 3.78. The molecule has 0 aromatic heterocycles. The van der Waals surface area contributed by atoms with Gasteiger partial charge in [0.05, 0.1) is 16.2 Å². The molecule has 0 amide bonds. The summed E-state index contributed by atoms with van der Waals surface area (Å²) in [6.07, 6.45) is 13.0. The summed E-state index contributed by atoms with van der Waals surface area (Å²) in [6, 6.07) is 0. The van der Waals surface area contributed by atoms with Gasteiger partial charge >= 0.3 is 69.7 Å². The molecule has 0 aliphatic carbocycles. The van der Waals surface area contributed by atoms with Gasteiger partial charge in [-0.25, -0.2) is 8.42 Å². The summed E-state index contributed by atoms with van der Waals surface area (Å²) < 4.78 is 62.5. The predicted octanol–water partition coefficient (Wildman–Crippen LogP) is -2.55. The average molecular weight is 461 g/mol. The second-order valence-corrected chi connectivity index (χ2v) is 8.32. The van der Waals surface area contributed by atoms with Gasteiger partial charge in [-0.05, 0) is 13.3 Å². The van der Waals surface area contributed by atoms with Crippen LogP contribution in [-0.2, 0) is 25.5 Å². The largest absolute Gasteiger partial charge is 1.00 e. The van der Waals surface area contributed by atoms with Crippen molar-refractivity contribution in [2.75, 3.05) is 5.75 Å². The van der Waals surface area contributed by atoms with Crippen molar-refractivity contribution < 1.29 is 89.4 Å². The van der Waals surface area contributed by atoms with E-state index in [1.54, 1.807) is 0 Å². The van der Waals surface area contributed by atoms with Crippen LogP contribution >= 0.6 is 0 Å². The van der Waals surface area contributed by atoms with Crippen molar-refractivity contribution in [3.63, 3.8) is 0 Å². The van der Waals surface area contributed by atoms with Gasteiger partial charge in [-0.1, -0.05) is 77.2 Å². The Balaban J connectivity index is -0.000000435. The fourth-order valence-electron chi connectivity index (χ4n) is 2.58. The molecule has 0 aliphatic rings. The average Bonchev–Trinajstić information content (AvgIpc) is 2.46. The van der Waals surface area contributed by atoms with E-state index >= 15 is 0 Å². The SMILES string of the molecule is O=S(=O)=O.[CH2-]C(CS(=O)(=O)[O-])OC(C)CCCCCCCCCCCC.[Na+].[Na+]. The molecule has 0 bridgehead atoms. The number of rotatable bonds is 15. The maximum atomic E-state index is 10.6. The van der Waals surface area contributed by atoms with E-state index in [-0.39, 0.29) is 65.2 Å². The normalized spacial score (nSPS) is 12.6. The first-order valence-corrected chi connectivity index (χ1v) is 11.8. The van der Waals surface area contributed by atoms with Gasteiger partial charge in [0, 0.05) is 5.75 Å². The number of hydrogen-bond acceptors (Lipinski definition) is 7. The second kappa shape index (κ2) is 24.8. The van der Waals surface area contributed by atoms with Gasteiger partial charge in [-0.15, -0.1) is 12.6 Å². The van der Waals surface area contributed by atoms with E-state index in [0.29, 0.717) is 0 Å². The van der Waals surface area contributed by atoms with E-state index in [9.17, 15) is 13.0 Å². The van der Waals surface area contributed by atoms with Crippen LogP contribution in [0.15, 0.2) is 0 Å². The molecule has 28 heavy (non-hydrogen) atoms. The van der Waals surface area contributed by atoms with Crippen LogP contribution in [0.5, 0.6) is 0 Å². The van der Waals surface area contributed by atoms with E-state index in [1.807, 2.05) is 6.92 Å². The van der Waals surface area contributed by atoms with Crippen molar-refractivity contribution >= 4 is 20.7 Å². The minimum absolute atomic E-state index is 0. The molecule has 0 N–H and O–H groups in total. The predicted molar refractivity (Wildman–Crippen MR) is 100 cm³/mol. The van der Waals surface area contributed by atoms with E-state index in [2.05, 4.69) is 13.8 Å². The Morgan fingerprint density at radius 1 is 0.893 bits per heavy atom. The molecule has 0 spiro atoms. The summed E-state index contributed by atoms with van der Waals surface area (Å²) >= 11 is 0. The first-order valence-electron chi connectivity index (χ1n) is 9.27. The second-order valence-electron chi connectivity index (χ2n) is 6.47. The van der Waals surface area contributed by atoms with E-state index in [0.717, 1.165) is 12.8 Å². The zero-order chi connectivity index (χ0) is 20.4. The maximum Gasteiger partial charge on any atom is 1.00 e. The van der Waals surface area contributed by atoms with Crippen LogP contribution in [0.25, 0.3) is 0 Å². The Bertz CT molecular complexity index is 518. The van der Waals surface area contributed by atoms with Crippen molar-refractivity contribution in [3.05, 3.63) is 6.92 Å². The van der Waals surface area contributed by atoms with E-state index in [4.69, 9.17) is 17.4 Å². The smallest absolute Gasteiger partial charge is 0.748 e. The molecule has 0 aliphatic heterocycles. The molecule has 0 saturated heterocycles. The fourth-order valence-corrected chi connectivity index (χ4v) is 3.12. The number of unbranched alkanes of at least 4 members (excludes halogenated alkanes) is 9. The third-order valence-corrected chi connectivity index (χ3v) is 4.56. The van der Waals surface area contributed by atoms with Crippen LogP contribution in [0.4, 0.5) is 0 Å². The Morgan fingerprint density at radius 3 is 1.61 bits per heavy atom. The Kier molecular flexibility index (Phi) is 32.6. The summed E-state index contributed by atoms with van der Waals surface area (Å²) in [5.74, 6) is -0.546. The van der Waals surface area contributed by atoms with Gasteiger partial charge in [-0.2, -0.15) is 0 Å². The van der Waals surface area contributed by atoms with Crippen LogP contribution in [0, 0.1) is 6.92 Å². The number of ether oxygens (including phenoxy) is 1. The number of hydrogen-bond donors (Lipinski definition) is 0. The molecule has 0 rings (SSSR count). The molecule has 0 heterocycles. The minimum atomic E-state index is -4.25. The van der Waals surface area contributed by atoms with Crippen molar-refractivity contribution in [3.8, 4) is 0 Å². The van der Waals surface area contributed by atoms with Gasteiger partial charge in [-0.3, -0.25) is 0 Å². The zero-order valence-electron chi connectivity index (χ0n) is 18.0. The van der Waals surface area contributed by atoms with Crippen LogP contribution in [0.2, 0.25) is 0 Å². The first-order chi connectivity index (χ1) is 12.1. The quantitative estimate of drug-likeness (QED) is 0.114.